The van der Waals surface area contributed by atoms with Gasteiger partial charge in [0.15, 0.2) is 0 Å². The molecule has 1 aromatic heterocycles. The van der Waals surface area contributed by atoms with Crippen LogP contribution in [0, 0.1) is 0 Å². The van der Waals surface area contributed by atoms with Gasteiger partial charge in [0.25, 0.3) is 0 Å². The van der Waals surface area contributed by atoms with Gasteiger partial charge in [-0.25, -0.2) is 4.98 Å². The summed E-state index contributed by atoms with van der Waals surface area (Å²) in [5, 5.41) is 0. The van der Waals surface area contributed by atoms with Crippen molar-refractivity contribution in [2.45, 2.75) is 77.7 Å². The van der Waals surface area contributed by atoms with Gasteiger partial charge in [-0.1, -0.05) is 27.2 Å². The lowest BCUT2D eigenvalue weighted by atomic mass is 9.88. The van der Waals surface area contributed by atoms with E-state index in [1.54, 1.807) is 0 Å². The SMILES string of the molecule is CC(C)(C)c1scnc1CCC(C)(C)N1CCCCC1. The zero-order valence-corrected chi connectivity index (χ0v) is 14.6. The standard InChI is InChI=1S/C17H30N2S/c1-16(2,3)15-14(18-13-20-15)9-10-17(4,5)19-11-7-6-8-12-19/h13H,6-12H2,1-5H3. The Bertz CT molecular complexity index is 422. The fourth-order valence-electron chi connectivity index (χ4n) is 3.14. The smallest absolute Gasteiger partial charge is 0.0797 e. The summed E-state index contributed by atoms with van der Waals surface area (Å²) in [5.74, 6) is 0. The highest BCUT2D eigenvalue weighted by atomic mass is 32.1. The highest BCUT2D eigenvalue weighted by molar-refractivity contribution is 7.09. The van der Waals surface area contributed by atoms with E-state index in [-0.39, 0.29) is 5.41 Å². The minimum Gasteiger partial charge on any atom is -0.298 e. The van der Waals surface area contributed by atoms with Crippen molar-refractivity contribution in [3.8, 4) is 0 Å². The molecule has 0 aliphatic carbocycles. The largest absolute Gasteiger partial charge is 0.298 e. The number of rotatable bonds is 4. The highest BCUT2D eigenvalue weighted by Crippen LogP contribution is 2.32. The summed E-state index contributed by atoms with van der Waals surface area (Å²) in [6.45, 7) is 14.2. The van der Waals surface area contributed by atoms with Gasteiger partial charge in [-0.3, -0.25) is 4.90 Å². The summed E-state index contributed by atoms with van der Waals surface area (Å²) < 4.78 is 0. The Balaban J connectivity index is 1.99. The predicted octanol–water partition coefficient (Wildman–Crippen LogP) is 4.64. The van der Waals surface area contributed by atoms with Crippen LogP contribution in [0.25, 0.3) is 0 Å². The molecule has 0 saturated carbocycles. The van der Waals surface area contributed by atoms with Crippen LogP contribution in [0.4, 0.5) is 0 Å². The number of piperidine rings is 1. The Hall–Kier alpha value is -0.410. The van der Waals surface area contributed by atoms with Gasteiger partial charge in [-0.2, -0.15) is 0 Å². The van der Waals surface area contributed by atoms with Crippen LogP contribution in [-0.2, 0) is 11.8 Å². The molecule has 1 saturated heterocycles. The summed E-state index contributed by atoms with van der Waals surface area (Å²) >= 11 is 1.82. The fourth-order valence-corrected chi connectivity index (χ4v) is 4.07. The molecule has 2 heterocycles. The first-order valence-electron chi connectivity index (χ1n) is 7.98. The van der Waals surface area contributed by atoms with E-state index in [0.717, 1.165) is 6.42 Å². The lowest BCUT2D eigenvalue weighted by molar-refractivity contribution is 0.0880. The number of thiazole rings is 1. The van der Waals surface area contributed by atoms with Crippen molar-refractivity contribution in [1.82, 2.24) is 9.88 Å². The first-order chi connectivity index (χ1) is 9.31. The topological polar surface area (TPSA) is 16.1 Å². The normalized spacial score (nSPS) is 18.4. The van der Waals surface area contributed by atoms with Gasteiger partial charge >= 0.3 is 0 Å². The molecule has 2 nitrogen and oxygen atoms in total. The number of likely N-dealkylation sites (tertiary alicyclic amines) is 1. The maximum absolute atomic E-state index is 4.63. The number of hydrogen-bond donors (Lipinski definition) is 0. The molecule has 0 aromatic carbocycles. The lowest BCUT2D eigenvalue weighted by Crippen LogP contribution is -2.47. The number of hydrogen-bond acceptors (Lipinski definition) is 3. The second kappa shape index (κ2) is 6.15. The second-order valence-corrected chi connectivity index (χ2v) is 8.59. The van der Waals surface area contributed by atoms with Crippen LogP contribution in [0.3, 0.4) is 0 Å². The second-order valence-electron chi connectivity index (χ2n) is 7.74. The van der Waals surface area contributed by atoms with Gasteiger partial charge in [0, 0.05) is 10.4 Å². The van der Waals surface area contributed by atoms with Crippen molar-refractivity contribution in [3.63, 3.8) is 0 Å². The Morgan fingerprint density at radius 1 is 1.10 bits per heavy atom. The van der Waals surface area contributed by atoms with Crippen LogP contribution in [0.1, 0.15) is 70.9 Å². The average Bonchev–Trinajstić information content (AvgIpc) is 2.86. The molecule has 114 valence electrons. The van der Waals surface area contributed by atoms with E-state index in [4.69, 9.17) is 0 Å². The number of aromatic nitrogens is 1. The molecule has 1 aliphatic heterocycles. The lowest BCUT2D eigenvalue weighted by Gasteiger charge is -2.41. The van der Waals surface area contributed by atoms with Gasteiger partial charge in [-0.05, 0) is 58.0 Å². The Morgan fingerprint density at radius 2 is 1.75 bits per heavy atom. The van der Waals surface area contributed by atoms with E-state index >= 15 is 0 Å². The fraction of sp³-hybridized carbons (Fsp3) is 0.824. The van der Waals surface area contributed by atoms with Crippen LogP contribution < -0.4 is 0 Å². The van der Waals surface area contributed by atoms with E-state index in [9.17, 15) is 0 Å². The van der Waals surface area contributed by atoms with Crippen molar-refractivity contribution in [2.24, 2.45) is 0 Å². The maximum atomic E-state index is 4.63. The molecular formula is C17H30N2S. The van der Waals surface area contributed by atoms with E-state index < -0.39 is 0 Å². The van der Waals surface area contributed by atoms with E-state index in [1.165, 1.54) is 49.3 Å². The summed E-state index contributed by atoms with van der Waals surface area (Å²) in [7, 11) is 0. The quantitative estimate of drug-likeness (QED) is 0.804. The summed E-state index contributed by atoms with van der Waals surface area (Å²) in [6.07, 6.45) is 6.47. The first-order valence-corrected chi connectivity index (χ1v) is 8.86. The molecule has 1 aromatic rings. The number of aryl methyl sites for hydroxylation is 1. The molecular weight excluding hydrogens is 264 g/mol. The molecule has 0 atom stereocenters. The molecule has 3 heteroatoms. The average molecular weight is 295 g/mol. The van der Waals surface area contributed by atoms with Crippen LogP contribution in [-0.4, -0.2) is 28.5 Å². The maximum Gasteiger partial charge on any atom is 0.0797 e. The van der Waals surface area contributed by atoms with Crippen LogP contribution >= 0.6 is 11.3 Å². The predicted molar refractivity (Wildman–Crippen MR) is 88.6 cm³/mol. The number of nitrogens with zero attached hydrogens (tertiary/aromatic N) is 2. The van der Waals surface area contributed by atoms with Crippen LogP contribution in [0.2, 0.25) is 0 Å². The molecule has 0 spiro atoms. The molecule has 0 unspecified atom stereocenters. The molecule has 20 heavy (non-hydrogen) atoms. The minimum absolute atomic E-state index is 0.228. The summed E-state index contributed by atoms with van der Waals surface area (Å²) in [6, 6.07) is 0. The van der Waals surface area contributed by atoms with Gasteiger partial charge in [0.1, 0.15) is 0 Å². The van der Waals surface area contributed by atoms with E-state index in [2.05, 4.69) is 44.5 Å². The van der Waals surface area contributed by atoms with Crippen molar-refractivity contribution in [3.05, 3.63) is 16.1 Å². The third-order valence-electron chi connectivity index (χ3n) is 4.51. The zero-order chi connectivity index (χ0) is 14.8. The third kappa shape index (κ3) is 3.82. The summed E-state index contributed by atoms with van der Waals surface area (Å²) in [4.78, 5) is 8.78. The van der Waals surface area contributed by atoms with Crippen LogP contribution in [0.15, 0.2) is 5.51 Å². The van der Waals surface area contributed by atoms with Gasteiger partial charge in [-0.15, -0.1) is 11.3 Å². The van der Waals surface area contributed by atoms with Gasteiger partial charge in [0.2, 0.25) is 0 Å². The van der Waals surface area contributed by atoms with Crippen molar-refractivity contribution in [2.75, 3.05) is 13.1 Å². The molecule has 1 fully saturated rings. The van der Waals surface area contributed by atoms with E-state index in [0.29, 0.717) is 5.54 Å². The molecule has 0 amide bonds. The zero-order valence-electron chi connectivity index (χ0n) is 13.8. The van der Waals surface area contributed by atoms with Crippen molar-refractivity contribution in [1.29, 1.82) is 0 Å². The van der Waals surface area contributed by atoms with E-state index in [1.807, 2.05) is 16.8 Å². The Labute approximate surface area is 128 Å². The minimum atomic E-state index is 0.228. The highest BCUT2D eigenvalue weighted by Gasteiger charge is 2.29. The third-order valence-corrected chi connectivity index (χ3v) is 5.80. The van der Waals surface area contributed by atoms with Gasteiger partial charge in [0.05, 0.1) is 11.2 Å². The van der Waals surface area contributed by atoms with Crippen molar-refractivity contribution >= 4 is 11.3 Å². The monoisotopic (exact) mass is 294 g/mol. The summed E-state index contributed by atoms with van der Waals surface area (Å²) in [5.41, 5.74) is 3.88. The van der Waals surface area contributed by atoms with Crippen molar-refractivity contribution < 1.29 is 0 Å². The first kappa shape index (κ1) is 16.0. The van der Waals surface area contributed by atoms with Gasteiger partial charge < -0.3 is 0 Å². The molecule has 2 rings (SSSR count). The molecule has 1 aliphatic rings. The molecule has 0 radical (unpaired) electrons. The Morgan fingerprint density at radius 3 is 2.35 bits per heavy atom. The molecule has 0 N–H and O–H groups in total. The Kier molecular flexibility index (Phi) is 4.91. The van der Waals surface area contributed by atoms with Crippen LogP contribution in [0.5, 0.6) is 0 Å². The molecule has 0 bridgehead atoms.